The number of amides is 1. The normalized spacial score (nSPS) is 10.2. The van der Waals surface area contributed by atoms with E-state index in [0.717, 1.165) is 0 Å². The Morgan fingerprint density at radius 2 is 1.94 bits per heavy atom. The number of ether oxygens (including phenoxy) is 2. The SMILES string of the molecule is COCCOC(=O)Nc1nc(C)c(O)c(C)c1C. The molecule has 6 nitrogen and oxygen atoms in total. The zero-order valence-electron chi connectivity index (χ0n) is 11.0. The maximum absolute atomic E-state index is 11.5. The van der Waals surface area contributed by atoms with Gasteiger partial charge in [-0.1, -0.05) is 0 Å². The van der Waals surface area contributed by atoms with Gasteiger partial charge in [0.1, 0.15) is 18.2 Å². The van der Waals surface area contributed by atoms with Crippen LogP contribution in [-0.2, 0) is 9.47 Å². The summed E-state index contributed by atoms with van der Waals surface area (Å²) in [5.74, 6) is 0.538. The van der Waals surface area contributed by atoms with Crippen molar-refractivity contribution in [1.82, 2.24) is 4.98 Å². The van der Waals surface area contributed by atoms with Crippen molar-refractivity contribution >= 4 is 11.9 Å². The maximum atomic E-state index is 11.5. The number of nitrogens with one attached hydrogen (secondary N) is 1. The molecule has 0 fully saturated rings. The number of hydrogen-bond donors (Lipinski definition) is 2. The fourth-order valence-electron chi connectivity index (χ4n) is 1.40. The van der Waals surface area contributed by atoms with Gasteiger partial charge in [-0.2, -0.15) is 0 Å². The highest BCUT2D eigenvalue weighted by Crippen LogP contribution is 2.27. The molecule has 6 heteroatoms. The summed E-state index contributed by atoms with van der Waals surface area (Å²) in [5, 5.41) is 12.2. The van der Waals surface area contributed by atoms with E-state index in [0.29, 0.717) is 29.2 Å². The quantitative estimate of drug-likeness (QED) is 0.802. The largest absolute Gasteiger partial charge is 0.506 e. The minimum absolute atomic E-state index is 0.144. The lowest BCUT2D eigenvalue weighted by Gasteiger charge is -2.12. The Morgan fingerprint density at radius 3 is 2.56 bits per heavy atom. The Morgan fingerprint density at radius 1 is 1.28 bits per heavy atom. The van der Waals surface area contributed by atoms with Gasteiger partial charge in [-0.15, -0.1) is 0 Å². The molecule has 0 aliphatic rings. The van der Waals surface area contributed by atoms with Gasteiger partial charge in [0.15, 0.2) is 0 Å². The Hall–Kier alpha value is -1.82. The first-order valence-corrected chi connectivity index (χ1v) is 5.56. The second kappa shape index (κ2) is 6.20. The molecule has 1 aromatic heterocycles. The molecule has 1 rings (SSSR count). The molecule has 18 heavy (non-hydrogen) atoms. The molecule has 1 aromatic rings. The third-order valence-electron chi connectivity index (χ3n) is 2.64. The smallest absolute Gasteiger partial charge is 0.412 e. The minimum Gasteiger partial charge on any atom is -0.506 e. The summed E-state index contributed by atoms with van der Waals surface area (Å²) in [7, 11) is 1.53. The van der Waals surface area contributed by atoms with E-state index in [4.69, 9.17) is 9.47 Å². The zero-order valence-corrected chi connectivity index (χ0v) is 11.0. The van der Waals surface area contributed by atoms with Crippen LogP contribution in [0.5, 0.6) is 5.75 Å². The van der Waals surface area contributed by atoms with Gasteiger partial charge in [0.2, 0.25) is 0 Å². The molecule has 1 amide bonds. The van der Waals surface area contributed by atoms with Crippen molar-refractivity contribution < 1.29 is 19.4 Å². The van der Waals surface area contributed by atoms with Crippen molar-refractivity contribution in [3.8, 4) is 5.75 Å². The topological polar surface area (TPSA) is 80.7 Å². The van der Waals surface area contributed by atoms with E-state index in [1.54, 1.807) is 20.8 Å². The van der Waals surface area contributed by atoms with E-state index in [-0.39, 0.29) is 12.4 Å². The highest BCUT2D eigenvalue weighted by atomic mass is 16.6. The van der Waals surface area contributed by atoms with Gasteiger partial charge < -0.3 is 14.6 Å². The first-order chi connectivity index (χ1) is 8.47. The Kier molecular flexibility index (Phi) is 4.91. The van der Waals surface area contributed by atoms with Crippen LogP contribution in [0.4, 0.5) is 10.6 Å². The maximum Gasteiger partial charge on any atom is 0.412 e. The first kappa shape index (κ1) is 14.2. The predicted octanol–water partition coefficient (Wildman–Crippen LogP) is 1.91. The number of anilines is 1. The van der Waals surface area contributed by atoms with Crippen molar-refractivity contribution in [3.05, 3.63) is 16.8 Å². The van der Waals surface area contributed by atoms with E-state index in [1.807, 2.05) is 0 Å². The zero-order chi connectivity index (χ0) is 13.7. The van der Waals surface area contributed by atoms with Gasteiger partial charge in [0.05, 0.1) is 12.3 Å². The molecular weight excluding hydrogens is 236 g/mol. The molecule has 2 N–H and O–H groups in total. The van der Waals surface area contributed by atoms with Crippen molar-refractivity contribution in [2.45, 2.75) is 20.8 Å². The monoisotopic (exact) mass is 254 g/mol. The number of aromatic hydroxyl groups is 1. The average Bonchev–Trinajstić information content (AvgIpc) is 2.33. The average molecular weight is 254 g/mol. The molecule has 0 aliphatic heterocycles. The van der Waals surface area contributed by atoms with E-state index in [9.17, 15) is 9.90 Å². The van der Waals surface area contributed by atoms with Crippen LogP contribution in [0, 0.1) is 20.8 Å². The number of rotatable bonds is 4. The van der Waals surface area contributed by atoms with E-state index in [2.05, 4.69) is 10.3 Å². The van der Waals surface area contributed by atoms with Gasteiger partial charge >= 0.3 is 6.09 Å². The summed E-state index contributed by atoms with van der Waals surface area (Å²) in [6.45, 7) is 5.72. The summed E-state index contributed by atoms with van der Waals surface area (Å²) in [5.41, 5.74) is 1.86. The van der Waals surface area contributed by atoms with Gasteiger partial charge in [-0.25, -0.2) is 9.78 Å². The molecule has 0 saturated carbocycles. The number of pyridine rings is 1. The number of hydrogen-bond acceptors (Lipinski definition) is 5. The van der Waals surface area contributed by atoms with Gasteiger partial charge in [-0.3, -0.25) is 5.32 Å². The third kappa shape index (κ3) is 3.33. The number of carbonyl (C=O) groups excluding carboxylic acids is 1. The number of aryl methyl sites for hydroxylation is 1. The van der Waals surface area contributed by atoms with Crippen LogP contribution in [0.25, 0.3) is 0 Å². The highest BCUT2D eigenvalue weighted by molar-refractivity contribution is 5.84. The van der Waals surface area contributed by atoms with Crippen molar-refractivity contribution in [2.24, 2.45) is 0 Å². The molecular formula is C12H18N2O4. The lowest BCUT2D eigenvalue weighted by Crippen LogP contribution is -2.18. The Labute approximate surface area is 106 Å². The van der Waals surface area contributed by atoms with Crippen LogP contribution in [0.3, 0.4) is 0 Å². The first-order valence-electron chi connectivity index (χ1n) is 5.56. The molecule has 0 aromatic carbocycles. The standard InChI is InChI=1S/C12H18N2O4/c1-7-8(2)11(13-9(3)10(7)15)14-12(16)18-6-5-17-4/h15H,5-6H2,1-4H3,(H,13,14,16). The van der Waals surface area contributed by atoms with Gasteiger partial charge in [0.25, 0.3) is 0 Å². The molecule has 0 unspecified atom stereocenters. The van der Waals surface area contributed by atoms with Crippen LogP contribution < -0.4 is 5.32 Å². The second-order valence-corrected chi connectivity index (χ2v) is 3.90. The van der Waals surface area contributed by atoms with E-state index >= 15 is 0 Å². The van der Waals surface area contributed by atoms with Crippen LogP contribution in [0.1, 0.15) is 16.8 Å². The number of aromatic nitrogens is 1. The highest BCUT2D eigenvalue weighted by Gasteiger charge is 2.13. The van der Waals surface area contributed by atoms with Crippen LogP contribution in [0.15, 0.2) is 0 Å². The fraction of sp³-hybridized carbons (Fsp3) is 0.500. The summed E-state index contributed by atoms with van der Waals surface area (Å²) < 4.78 is 9.64. The van der Waals surface area contributed by atoms with Gasteiger partial charge in [0, 0.05) is 7.11 Å². The second-order valence-electron chi connectivity index (χ2n) is 3.90. The summed E-state index contributed by atoms with van der Waals surface area (Å²) in [6.07, 6.45) is -0.591. The molecule has 100 valence electrons. The third-order valence-corrected chi connectivity index (χ3v) is 2.64. The molecule has 0 spiro atoms. The van der Waals surface area contributed by atoms with Crippen molar-refractivity contribution in [2.75, 3.05) is 25.6 Å². The van der Waals surface area contributed by atoms with Crippen LogP contribution in [-0.4, -0.2) is 36.5 Å². The molecule has 0 atom stereocenters. The summed E-state index contributed by atoms with van der Waals surface area (Å²) in [6, 6.07) is 0. The van der Waals surface area contributed by atoms with Gasteiger partial charge in [-0.05, 0) is 31.9 Å². The molecule has 0 bridgehead atoms. The minimum atomic E-state index is -0.591. The molecule has 0 aliphatic carbocycles. The molecule has 1 heterocycles. The van der Waals surface area contributed by atoms with E-state index < -0.39 is 6.09 Å². The number of carbonyl (C=O) groups is 1. The number of methoxy groups -OCH3 is 1. The summed E-state index contributed by atoms with van der Waals surface area (Å²) >= 11 is 0. The van der Waals surface area contributed by atoms with Crippen LogP contribution in [0.2, 0.25) is 0 Å². The summed E-state index contributed by atoms with van der Waals surface area (Å²) in [4.78, 5) is 15.6. The lowest BCUT2D eigenvalue weighted by molar-refractivity contribution is 0.107. The van der Waals surface area contributed by atoms with Crippen molar-refractivity contribution in [3.63, 3.8) is 0 Å². The fourth-order valence-corrected chi connectivity index (χ4v) is 1.40. The van der Waals surface area contributed by atoms with Crippen LogP contribution >= 0.6 is 0 Å². The molecule has 0 radical (unpaired) electrons. The van der Waals surface area contributed by atoms with Crippen molar-refractivity contribution in [1.29, 1.82) is 0 Å². The van der Waals surface area contributed by atoms with E-state index in [1.165, 1.54) is 7.11 Å². The number of nitrogens with zero attached hydrogens (tertiary/aromatic N) is 1. The Bertz CT molecular complexity index is 446. The molecule has 0 saturated heterocycles. The predicted molar refractivity (Wildman–Crippen MR) is 67.0 cm³/mol. The Balaban J connectivity index is 2.76. The lowest BCUT2D eigenvalue weighted by atomic mass is 10.1.